The van der Waals surface area contributed by atoms with Gasteiger partial charge in [-0.25, -0.2) is 0 Å². The second-order valence-electron chi connectivity index (χ2n) is 3.98. The Morgan fingerprint density at radius 2 is 1.93 bits per heavy atom. The molecular weight excluding hydrogens is 180 g/mol. The van der Waals surface area contributed by atoms with Gasteiger partial charge in [-0.2, -0.15) is 0 Å². The van der Waals surface area contributed by atoms with Crippen molar-refractivity contribution in [1.29, 1.82) is 0 Å². The van der Waals surface area contributed by atoms with Crippen LogP contribution in [0.25, 0.3) is 0 Å². The molecule has 3 heteroatoms. The molecule has 14 heavy (non-hydrogen) atoms. The van der Waals surface area contributed by atoms with Crippen molar-refractivity contribution in [3.63, 3.8) is 0 Å². The number of hydrogen-bond donors (Lipinski definition) is 0. The molecule has 0 aromatic heterocycles. The Labute approximate surface area is 84.8 Å². The van der Waals surface area contributed by atoms with Crippen molar-refractivity contribution >= 4 is 11.8 Å². The van der Waals surface area contributed by atoms with Crippen LogP contribution in [-0.2, 0) is 14.3 Å². The van der Waals surface area contributed by atoms with Gasteiger partial charge in [-0.15, -0.1) is 0 Å². The van der Waals surface area contributed by atoms with Gasteiger partial charge in [-0.1, -0.05) is 25.7 Å². The number of carbonyl (C=O) groups is 2. The molecule has 1 rings (SSSR count). The number of esters is 1. The van der Waals surface area contributed by atoms with Crippen LogP contribution in [0.15, 0.2) is 0 Å². The van der Waals surface area contributed by atoms with E-state index in [4.69, 9.17) is 0 Å². The molecule has 0 aliphatic heterocycles. The van der Waals surface area contributed by atoms with E-state index in [9.17, 15) is 9.59 Å². The summed E-state index contributed by atoms with van der Waals surface area (Å²) in [6, 6.07) is 0. The lowest BCUT2D eigenvalue weighted by atomic mass is 9.99. The summed E-state index contributed by atoms with van der Waals surface area (Å²) in [7, 11) is 1.31. The molecule has 0 heterocycles. The van der Waals surface area contributed by atoms with Gasteiger partial charge < -0.3 is 4.74 Å². The van der Waals surface area contributed by atoms with Crippen LogP contribution in [0.5, 0.6) is 0 Å². The Balaban J connectivity index is 2.11. The summed E-state index contributed by atoms with van der Waals surface area (Å²) >= 11 is 0. The summed E-state index contributed by atoms with van der Waals surface area (Å²) in [6.45, 7) is 0. The maximum atomic E-state index is 11.3. The Morgan fingerprint density at radius 3 is 2.50 bits per heavy atom. The molecule has 3 nitrogen and oxygen atoms in total. The van der Waals surface area contributed by atoms with Crippen LogP contribution in [-0.4, -0.2) is 18.9 Å². The maximum absolute atomic E-state index is 11.3. The Kier molecular flexibility index (Phi) is 4.63. The van der Waals surface area contributed by atoms with E-state index in [2.05, 4.69) is 4.74 Å². The Hall–Kier alpha value is -0.860. The first-order chi connectivity index (χ1) is 6.72. The van der Waals surface area contributed by atoms with Crippen molar-refractivity contribution in [2.24, 2.45) is 5.92 Å². The number of ether oxygens (including phenoxy) is 1. The van der Waals surface area contributed by atoms with Crippen molar-refractivity contribution in [3.8, 4) is 0 Å². The number of rotatable bonds is 5. The lowest BCUT2D eigenvalue weighted by Crippen LogP contribution is -2.10. The minimum Gasteiger partial charge on any atom is -0.469 e. The third-order valence-electron chi connectivity index (χ3n) is 2.88. The van der Waals surface area contributed by atoms with E-state index in [1.165, 1.54) is 32.8 Å². The first-order valence-electron chi connectivity index (χ1n) is 5.31. The molecule has 0 atom stereocenters. The minimum absolute atomic E-state index is 0.0174. The predicted octanol–water partition coefficient (Wildman–Crippen LogP) is 2.09. The third kappa shape index (κ3) is 3.90. The zero-order chi connectivity index (χ0) is 10.4. The molecule has 0 spiro atoms. The SMILES string of the molecule is COC(=O)CC(=O)CCC1CCCC1. The quantitative estimate of drug-likeness (QED) is 0.502. The monoisotopic (exact) mass is 198 g/mol. The number of ketones is 1. The molecule has 1 aliphatic carbocycles. The molecule has 0 saturated heterocycles. The number of Topliss-reactive ketones (excluding diaryl/α,β-unsaturated/α-hetero) is 1. The molecule has 0 aromatic rings. The van der Waals surface area contributed by atoms with Gasteiger partial charge in [0.05, 0.1) is 7.11 Å². The van der Waals surface area contributed by atoms with Gasteiger partial charge >= 0.3 is 5.97 Å². The highest BCUT2D eigenvalue weighted by molar-refractivity contribution is 5.95. The molecule has 0 radical (unpaired) electrons. The standard InChI is InChI=1S/C11H18O3/c1-14-11(13)8-10(12)7-6-9-4-2-3-5-9/h9H,2-8H2,1H3. The maximum Gasteiger partial charge on any atom is 0.313 e. The Bertz CT molecular complexity index is 205. The summed E-state index contributed by atoms with van der Waals surface area (Å²) < 4.78 is 4.43. The fourth-order valence-corrected chi connectivity index (χ4v) is 1.99. The van der Waals surface area contributed by atoms with Crippen molar-refractivity contribution in [3.05, 3.63) is 0 Å². The lowest BCUT2D eigenvalue weighted by molar-refractivity contribution is -0.143. The van der Waals surface area contributed by atoms with E-state index in [0.717, 1.165) is 12.3 Å². The van der Waals surface area contributed by atoms with Crippen LogP contribution in [0, 0.1) is 5.92 Å². The van der Waals surface area contributed by atoms with Gasteiger partial charge in [-0.05, 0) is 12.3 Å². The molecule has 0 unspecified atom stereocenters. The molecule has 1 aliphatic rings. The van der Waals surface area contributed by atoms with Crippen LogP contribution in [0.3, 0.4) is 0 Å². The zero-order valence-corrected chi connectivity index (χ0v) is 8.75. The van der Waals surface area contributed by atoms with E-state index < -0.39 is 5.97 Å². The van der Waals surface area contributed by atoms with E-state index in [1.54, 1.807) is 0 Å². The van der Waals surface area contributed by atoms with Crippen LogP contribution >= 0.6 is 0 Å². The molecule has 0 amide bonds. The summed E-state index contributed by atoms with van der Waals surface area (Å²) in [5.41, 5.74) is 0. The van der Waals surface area contributed by atoms with Gasteiger partial charge in [0.15, 0.2) is 0 Å². The van der Waals surface area contributed by atoms with Gasteiger partial charge in [0.2, 0.25) is 0 Å². The molecule has 1 saturated carbocycles. The van der Waals surface area contributed by atoms with Gasteiger partial charge in [-0.3, -0.25) is 9.59 Å². The molecule has 80 valence electrons. The van der Waals surface area contributed by atoms with E-state index in [0.29, 0.717) is 6.42 Å². The van der Waals surface area contributed by atoms with Crippen LogP contribution in [0.2, 0.25) is 0 Å². The fourth-order valence-electron chi connectivity index (χ4n) is 1.99. The van der Waals surface area contributed by atoms with Crippen molar-refractivity contribution in [2.75, 3.05) is 7.11 Å². The van der Waals surface area contributed by atoms with Crippen LogP contribution in [0.4, 0.5) is 0 Å². The van der Waals surface area contributed by atoms with Crippen molar-refractivity contribution in [2.45, 2.75) is 44.9 Å². The lowest BCUT2D eigenvalue weighted by Gasteiger charge is -2.06. The Morgan fingerprint density at radius 1 is 1.29 bits per heavy atom. The smallest absolute Gasteiger partial charge is 0.313 e. The minimum atomic E-state index is -0.415. The third-order valence-corrected chi connectivity index (χ3v) is 2.88. The average Bonchev–Trinajstić information content (AvgIpc) is 2.67. The second kappa shape index (κ2) is 5.78. The number of methoxy groups -OCH3 is 1. The highest BCUT2D eigenvalue weighted by Crippen LogP contribution is 2.28. The van der Waals surface area contributed by atoms with E-state index in [1.807, 2.05) is 0 Å². The normalized spacial score (nSPS) is 16.9. The summed E-state index contributed by atoms with van der Waals surface area (Å²) in [4.78, 5) is 22.0. The first-order valence-corrected chi connectivity index (χ1v) is 5.31. The molecule has 0 aromatic carbocycles. The molecule has 0 bridgehead atoms. The summed E-state index contributed by atoms with van der Waals surface area (Å²) in [6.07, 6.45) is 6.56. The average molecular weight is 198 g/mol. The summed E-state index contributed by atoms with van der Waals surface area (Å²) in [5.74, 6) is 0.321. The molecular formula is C11H18O3. The van der Waals surface area contributed by atoms with Gasteiger partial charge in [0.25, 0.3) is 0 Å². The fraction of sp³-hybridized carbons (Fsp3) is 0.818. The zero-order valence-electron chi connectivity index (χ0n) is 8.75. The van der Waals surface area contributed by atoms with Crippen molar-refractivity contribution in [1.82, 2.24) is 0 Å². The highest BCUT2D eigenvalue weighted by Gasteiger charge is 2.17. The first kappa shape index (κ1) is 11.2. The van der Waals surface area contributed by atoms with E-state index in [-0.39, 0.29) is 12.2 Å². The second-order valence-corrected chi connectivity index (χ2v) is 3.98. The predicted molar refractivity (Wildman–Crippen MR) is 52.8 cm³/mol. The number of carbonyl (C=O) groups excluding carboxylic acids is 2. The molecule has 0 N–H and O–H groups in total. The van der Waals surface area contributed by atoms with Gasteiger partial charge in [0, 0.05) is 6.42 Å². The topological polar surface area (TPSA) is 43.4 Å². The summed E-state index contributed by atoms with van der Waals surface area (Å²) in [5, 5.41) is 0. The number of hydrogen-bond acceptors (Lipinski definition) is 3. The largest absolute Gasteiger partial charge is 0.469 e. The highest BCUT2D eigenvalue weighted by atomic mass is 16.5. The van der Waals surface area contributed by atoms with Crippen LogP contribution < -0.4 is 0 Å². The van der Waals surface area contributed by atoms with Gasteiger partial charge in [0.1, 0.15) is 12.2 Å². The van der Waals surface area contributed by atoms with Crippen molar-refractivity contribution < 1.29 is 14.3 Å². The molecule has 1 fully saturated rings. The van der Waals surface area contributed by atoms with Crippen LogP contribution in [0.1, 0.15) is 44.9 Å². The van der Waals surface area contributed by atoms with E-state index >= 15 is 0 Å².